The summed E-state index contributed by atoms with van der Waals surface area (Å²) in [6, 6.07) is 6.73. The topological polar surface area (TPSA) is 39.1 Å². The highest BCUT2D eigenvalue weighted by Crippen LogP contribution is 2.11. The van der Waals surface area contributed by atoms with Crippen LogP contribution in [0.2, 0.25) is 0 Å². The summed E-state index contributed by atoms with van der Waals surface area (Å²) in [5, 5.41) is 3.15. The van der Waals surface area contributed by atoms with Crippen LogP contribution in [-0.4, -0.2) is 23.3 Å². The summed E-state index contributed by atoms with van der Waals surface area (Å²) in [5.41, 5.74) is 0.633. The molecule has 0 amide bonds. The standard InChI is InChI=1S/C14H18FN3O/c1-19-10-4-8-18-9-7-16-14(18)17-11-12-5-2-3-6-13(12)15/h2-3,5-7,9H,4,8,10-11H2,1H3,(H,16,17). The summed E-state index contributed by atoms with van der Waals surface area (Å²) in [7, 11) is 1.69. The molecule has 0 saturated carbocycles. The van der Waals surface area contributed by atoms with Crippen molar-refractivity contribution in [3.8, 4) is 0 Å². The first-order valence-electron chi connectivity index (χ1n) is 6.28. The summed E-state index contributed by atoms with van der Waals surface area (Å²) < 4.78 is 20.5. The molecule has 0 atom stereocenters. The van der Waals surface area contributed by atoms with Crippen molar-refractivity contribution in [3.05, 3.63) is 48.0 Å². The number of anilines is 1. The van der Waals surface area contributed by atoms with Gasteiger partial charge in [0.1, 0.15) is 5.82 Å². The zero-order valence-corrected chi connectivity index (χ0v) is 11.0. The number of hydrogen-bond acceptors (Lipinski definition) is 3. The SMILES string of the molecule is COCCCn1ccnc1NCc1ccccc1F. The second-order valence-electron chi connectivity index (χ2n) is 4.24. The molecule has 1 N–H and O–H groups in total. The van der Waals surface area contributed by atoms with Crippen LogP contribution in [0.5, 0.6) is 0 Å². The molecule has 2 rings (SSSR count). The molecule has 0 unspecified atom stereocenters. The van der Waals surface area contributed by atoms with Crippen LogP contribution in [0, 0.1) is 5.82 Å². The summed E-state index contributed by atoms with van der Waals surface area (Å²) >= 11 is 0. The number of hydrogen-bond donors (Lipinski definition) is 1. The fourth-order valence-electron chi connectivity index (χ4n) is 1.85. The van der Waals surface area contributed by atoms with Crippen LogP contribution in [0.4, 0.5) is 10.3 Å². The Kier molecular flexibility index (Phi) is 4.92. The van der Waals surface area contributed by atoms with Crippen LogP contribution in [0.1, 0.15) is 12.0 Å². The van der Waals surface area contributed by atoms with Gasteiger partial charge < -0.3 is 14.6 Å². The minimum Gasteiger partial charge on any atom is -0.385 e. The molecule has 19 heavy (non-hydrogen) atoms. The van der Waals surface area contributed by atoms with Crippen molar-refractivity contribution in [2.45, 2.75) is 19.5 Å². The molecule has 4 nitrogen and oxygen atoms in total. The monoisotopic (exact) mass is 263 g/mol. The normalized spacial score (nSPS) is 10.6. The highest BCUT2D eigenvalue weighted by Gasteiger charge is 2.04. The van der Waals surface area contributed by atoms with Gasteiger partial charge in [0.2, 0.25) is 5.95 Å². The van der Waals surface area contributed by atoms with Crippen molar-refractivity contribution in [2.75, 3.05) is 19.0 Å². The zero-order valence-electron chi connectivity index (χ0n) is 11.0. The maximum atomic E-state index is 13.5. The third-order valence-electron chi connectivity index (χ3n) is 2.86. The van der Waals surface area contributed by atoms with Gasteiger partial charge in [-0.25, -0.2) is 9.37 Å². The number of halogens is 1. The Hall–Kier alpha value is -1.88. The van der Waals surface area contributed by atoms with Gasteiger partial charge in [-0.05, 0) is 12.5 Å². The third kappa shape index (κ3) is 3.79. The lowest BCUT2D eigenvalue weighted by molar-refractivity contribution is 0.190. The van der Waals surface area contributed by atoms with Gasteiger partial charge in [0.15, 0.2) is 0 Å². The number of imidazole rings is 1. The lowest BCUT2D eigenvalue weighted by Gasteiger charge is -2.10. The fourth-order valence-corrected chi connectivity index (χ4v) is 1.85. The highest BCUT2D eigenvalue weighted by molar-refractivity contribution is 5.29. The molecule has 102 valence electrons. The number of rotatable bonds is 7. The lowest BCUT2D eigenvalue weighted by atomic mass is 10.2. The average molecular weight is 263 g/mol. The predicted molar refractivity (Wildman–Crippen MR) is 72.4 cm³/mol. The molecular weight excluding hydrogens is 245 g/mol. The lowest BCUT2D eigenvalue weighted by Crippen LogP contribution is -2.09. The van der Waals surface area contributed by atoms with Gasteiger partial charge in [-0.3, -0.25) is 0 Å². The largest absolute Gasteiger partial charge is 0.385 e. The first-order chi connectivity index (χ1) is 9.31. The van der Waals surface area contributed by atoms with Crippen molar-refractivity contribution in [1.29, 1.82) is 0 Å². The van der Waals surface area contributed by atoms with E-state index in [9.17, 15) is 4.39 Å². The zero-order chi connectivity index (χ0) is 13.5. The van der Waals surface area contributed by atoms with Gasteiger partial charge in [-0.2, -0.15) is 0 Å². The first-order valence-corrected chi connectivity index (χ1v) is 6.28. The summed E-state index contributed by atoms with van der Waals surface area (Å²) in [4.78, 5) is 4.23. The number of aryl methyl sites for hydroxylation is 1. The molecular formula is C14H18FN3O. The molecule has 0 spiro atoms. The Labute approximate surface area is 112 Å². The van der Waals surface area contributed by atoms with Crippen LogP contribution in [0.25, 0.3) is 0 Å². The van der Waals surface area contributed by atoms with E-state index in [0.29, 0.717) is 18.7 Å². The molecule has 1 heterocycles. The van der Waals surface area contributed by atoms with E-state index in [1.807, 2.05) is 16.8 Å². The number of nitrogens with zero attached hydrogens (tertiary/aromatic N) is 2. The van der Waals surface area contributed by atoms with Crippen molar-refractivity contribution in [3.63, 3.8) is 0 Å². The third-order valence-corrected chi connectivity index (χ3v) is 2.86. The Morgan fingerprint density at radius 1 is 1.37 bits per heavy atom. The van der Waals surface area contributed by atoms with E-state index in [2.05, 4.69) is 10.3 Å². The van der Waals surface area contributed by atoms with Gasteiger partial charge >= 0.3 is 0 Å². The molecule has 0 aliphatic carbocycles. The minimum absolute atomic E-state index is 0.201. The van der Waals surface area contributed by atoms with Crippen molar-refractivity contribution >= 4 is 5.95 Å². The van der Waals surface area contributed by atoms with Gasteiger partial charge in [0, 0.05) is 44.8 Å². The van der Waals surface area contributed by atoms with E-state index in [-0.39, 0.29) is 5.82 Å². The van der Waals surface area contributed by atoms with E-state index in [1.165, 1.54) is 6.07 Å². The second-order valence-corrected chi connectivity index (χ2v) is 4.24. The second kappa shape index (κ2) is 6.89. The van der Waals surface area contributed by atoms with Gasteiger partial charge in [-0.15, -0.1) is 0 Å². The minimum atomic E-state index is -0.201. The molecule has 0 radical (unpaired) electrons. The van der Waals surface area contributed by atoms with Crippen LogP contribution in [-0.2, 0) is 17.8 Å². The first kappa shape index (κ1) is 13.5. The average Bonchev–Trinajstić information content (AvgIpc) is 2.86. The molecule has 5 heteroatoms. The molecule has 0 aliphatic heterocycles. The molecule has 0 saturated heterocycles. The van der Waals surface area contributed by atoms with Crippen LogP contribution >= 0.6 is 0 Å². The molecule has 2 aromatic rings. The quantitative estimate of drug-likeness (QED) is 0.781. The number of benzene rings is 1. The van der Waals surface area contributed by atoms with E-state index in [1.54, 1.807) is 25.4 Å². The smallest absolute Gasteiger partial charge is 0.203 e. The fraction of sp³-hybridized carbons (Fsp3) is 0.357. The Morgan fingerprint density at radius 2 is 2.21 bits per heavy atom. The van der Waals surface area contributed by atoms with Crippen LogP contribution < -0.4 is 5.32 Å². The van der Waals surface area contributed by atoms with E-state index < -0.39 is 0 Å². The van der Waals surface area contributed by atoms with Crippen LogP contribution in [0.3, 0.4) is 0 Å². The molecule has 0 aliphatic rings. The highest BCUT2D eigenvalue weighted by atomic mass is 19.1. The Bertz CT molecular complexity index is 513. The Morgan fingerprint density at radius 3 is 3.00 bits per heavy atom. The number of nitrogens with one attached hydrogen (secondary N) is 1. The molecule has 0 bridgehead atoms. The van der Waals surface area contributed by atoms with Crippen molar-refractivity contribution in [1.82, 2.24) is 9.55 Å². The maximum absolute atomic E-state index is 13.5. The van der Waals surface area contributed by atoms with Crippen LogP contribution in [0.15, 0.2) is 36.7 Å². The number of methoxy groups -OCH3 is 1. The number of aromatic nitrogens is 2. The molecule has 0 fully saturated rings. The predicted octanol–water partition coefficient (Wildman–Crippen LogP) is 2.67. The van der Waals surface area contributed by atoms with E-state index in [4.69, 9.17) is 4.74 Å². The van der Waals surface area contributed by atoms with Gasteiger partial charge in [0.25, 0.3) is 0 Å². The van der Waals surface area contributed by atoms with Crippen molar-refractivity contribution in [2.24, 2.45) is 0 Å². The van der Waals surface area contributed by atoms with Gasteiger partial charge in [0.05, 0.1) is 0 Å². The molecule has 1 aromatic carbocycles. The van der Waals surface area contributed by atoms with E-state index in [0.717, 1.165) is 18.9 Å². The summed E-state index contributed by atoms with van der Waals surface area (Å²) in [5.74, 6) is 0.548. The summed E-state index contributed by atoms with van der Waals surface area (Å²) in [6.45, 7) is 1.96. The number of ether oxygens (including phenoxy) is 1. The van der Waals surface area contributed by atoms with E-state index >= 15 is 0 Å². The Balaban J connectivity index is 1.93. The maximum Gasteiger partial charge on any atom is 0.203 e. The molecule has 1 aromatic heterocycles. The summed E-state index contributed by atoms with van der Waals surface area (Å²) in [6.07, 6.45) is 4.55. The van der Waals surface area contributed by atoms with Crippen molar-refractivity contribution < 1.29 is 9.13 Å². The van der Waals surface area contributed by atoms with Gasteiger partial charge in [-0.1, -0.05) is 18.2 Å².